The van der Waals surface area contributed by atoms with Gasteiger partial charge in [-0.3, -0.25) is 4.79 Å². The maximum atomic E-state index is 12.4. The molecule has 0 aliphatic heterocycles. The number of carbonyl (C=O) groups excluding carboxylic acids is 1. The molecule has 2 atom stereocenters. The first-order valence-corrected chi connectivity index (χ1v) is 8.46. The third-order valence-corrected chi connectivity index (χ3v) is 4.69. The molecule has 2 unspecified atom stereocenters. The van der Waals surface area contributed by atoms with E-state index in [4.69, 9.17) is 10.5 Å². The van der Waals surface area contributed by atoms with Crippen LogP contribution in [0.4, 0.5) is 5.69 Å². The second-order valence-corrected chi connectivity index (χ2v) is 6.45. The Morgan fingerprint density at radius 2 is 1.92 bits per heavy atom. The maximum absolute atomic E-state index is 12.4. The quantitative estimate of drug-likeness (QED) is 0.845. The molecular formula is C20H25ClN2O2. The molecule has 0 aromatic heterocycles. The lowest BCUT2D eigenvalue weighted by atomic mass is 10.0. The molecule has 1 saturated carbocycles. The van der Waals surface area contributed by atoms with E-state index >= 15 is 0 Å². The van der Waals surface area contributed by atoms with E-state index in [-0.39, 0.29) is 30.3 Å². The van der Waals surface area contributed by atoms with Crippen LogP contribution in [-0.4, -0.2) is 11.9 Å². The van der Waals surface area contributed by atoms with Crippen molar-refractivity contribution >= 4 is 24.0 Å². The minimum absolute atomic E-state index is 0. The molecule has 2 aromatic rings. The lowest BCUT2D eigenvalue weighted by molar-refractivity contribution is -0.119. The number of amides is 1. The summed E-state index contributed by atoms with van der Waals surface area (Å²) in [7, 11) is 0. The first kappa shape index (κ1) is 19.3. The molecule has 3 N–H and O–H groups in total. The summed E-state index contributed by atoms with van der Waals surface area (Å²) < 4.78 is 5.82. The second-order valence-electron chi connectivity index (χ2n) is 6.45. The first-order chi connectivity index (χ1) is 11.6. The van der Waals surface area contributed by atoms with Gasteiger partial charge in [0.2, 0.25) is 5.91 Å². The van der Waals surface area contributed by atoms with Gasteiger partial charge in [0.1, 0.15) is 12.4 Å². The topological polar surface area (TPSA) is 64.3 Å². The zero-order valence-corrected chi connectivity index (χ0v) is 15.2. The highest BCUT2D eigenvalue weighted by Gasteiger charge is 2.28. The van der Waals surface area contributed by atoms with Crippen molar-refractivity contribution in [3.63, 3.8) is 0 Å². The van der Waals surface area contributed by atoms with Crippen molar-refractivity contribution in [1.82, 2.24) is 0 Å². The van der Waals surface area contributed by atoms with Gasteiger partial charge < -0.3 is 15.8 Å². The van der Waals surface area contributed by atoms with Crippen LogP contribution >= 0.6 is 12.4 Å². The molecule has 0 heterocycles. The number of para-hydroxylation sites is 1. The summed E-state index contributed by atoms with van der Waals surface area (Å²) >= 11 is 0. The van der Waals surface area contributed by atoms with Gasteiger partial charge in [-0.1, -0.05) is 30.3 Å². The molecule has 1 aliphatic rings. The number of hydrogen-bond acceptors (Lipinski definition) is 3. The highest BCUT2D eigenvalue weighted by molar-refractivity contribution is 5.93. The van der Waals surface area contributed by atoms with Crippen LogP contribution in [-0.2, 0) is 11.4 Å². The Morgan fingerprint density at radius 3 is 2.60 bits per heavy atom. The molecule has 1 aliphatic carbocycles. The van der Waals surface area contributed by atoms with Crippen LogP contribution in [0.25, 0.3) is 0 Å². The molecule has 3 rings (SSSR count). The van der Waals surface area contributed by atoms with Gasteiger partial charge in [-0.2, -0.15) is 0 Å². The standard InChI is InChI=1S/C20H24N2O2.ClH/c1-14-16(13-24-18-7-3-2-4-8-18)6-5-9-19(14)22-20(23)15-10-11-17(21)12-15;/h2-9,15,17H,10-13,21H2,1H3,(H,22,23);1H. The molecule has 0 bridgehead atoms. The molecule has 1 amide bonds. The number of carbonyl (C=O) groups is 1. The first-order valence-electron chi connectivity index (χ1n) is 8.46. The van der Waals surface area contributed by atoms with Crippen LogP contribution in [0.2, 0.25) is 0 Å². The summed E-state index contributed by atoms with van der Waals surface area (Å²) in [6.45, 7) is 2.49. The lowest BCUT2D eigenvalue weighted by Crippen LogP contribution is -2.23. The van der Waals surface area contributed by atoms with Crippen LogP contribution in [0.1, 0.15) is 30.4 Å². The Kier molecular flexibility index (Phi) is 6.85. The minimum atomic E-state index is 0. The molecule has 0 spiro atoms. The van der Waals surface area contributed by atoms with Crippen LogP contribution in [0.15, 0.2) is 48.5 Å². The molecule has 4 nitrogen and oxygen atoms in total. The van der Waals surface area contributed by atoms with Crippen LogP contribution in [0.5, 0.6) is 5.75 Å². The summed E-state index contributed by atoms with van der Waals surface area (Å²) in [5.74, 6) is 0.946. The predicted molar refractivity (Wildman–Crippen MR) is 103 cm³/mol. The van der Waals surface area contributed by atoms with Gasteiger partial charge >= 0.3 is 0 Å². The molecule has 2 aromatic carbocycles. The van der Waals surface area contributed by atoms with Crippen LogP contribution in [0.3, 0.4) is 0 Å². The van der Waals surface area contributed by atoms with Gasteiger partial charge in [0.15, 0.2) is 0 Å². The number of nitrogens with two attached hydrogens (primary N) is 1. The van der Waals surface area contributed by atoms with Crippen LogP contribution < -0.4 is 15.8 Å². The molecule has 0 radical (unpaired) electrons. The number of benzene rings is 2. The van der Waals surface area contributed by atoms with Gasteiger partial charge in [0.05, 0.1) is 0 Å². The zero-order chi connectivity index (χ0) is 16.9. The van der Waals surface area contributed by atoms with Crippen molar-refractivity contribution in [2.45, 2.75) is 38.8 Å². The average Bonchev–Trinajstić information content (AvgIpc) is 3.03. The lowest BCUT2D eigenvalue weighted by Gasteiger charge is -2.15. The third-order valence-electron chi connectivity index (χ3n) is 4.69. The Morgan fingerprint density at radius 1 is 1.16 bits per heavy atom. The van der Waals surface area contributed by atoms with E-state index in [1.165, 1.54) is 0 Å². The fourth-order valence-corrected chi connectivity index (χ4v) is 3.14. The Bertz CT molecular complexity index is 706. The molecular weight excluding hydrogens is 336 g/mol. The van der Waals surface area contributed by atoms with Crippen molar-refractivity contribution in [2.24, 2.45) is 11.7 Å². The highest BCUT2D eigenvalue weighted by Crippen LogP contribution is 2.27. The van der Waals surface area contributed by atoms with Crippen molar-refractivity contribution in [1.29, 1.82) is 0 Å². The van der Waals surface area contributed by atoms with Gasteiger partial charge in [-0.05, 0) is 55.5 Å². The number of rotatable bonds is 5. The predicted octanol–water partition coefficient (Wildman–Crippen LogP) is 4.06. The second kappa shape index (κ2) is 8.88. The number of hydrogen-bond donors (Lipinski definition) is 2. The van der Waals surface area contributed by atoms with E-state index in [9.17, 15) is 4.79 Å². The largest absolute Gasteiger partial charge is 0.489 e. The molecule has 0 saturated heterocycles. The van der Waals surface area contributed by atoms with Gasteiger partial charge in [-0.15, -0.1) is 12.4 Å². The highest BCUT2D eigenvalue weighted by atomic mass is 35.5. The number of ether oxygens (including phenoxy) is 1. The maximum Gasteiger partial charge on any atom is 0.227 e. The monoisotopic (exact) mass is 360 g/mol. The summed E-state index contributed by atoms with van der Waals surface area (Å²) in [5, 5.41) is 3.06. The van der Waals surface area contributed by atoms with Crippen molar-refractivity contribution in [3.8, 4) is 5.75 Å². The van der Waals surface area contributed by atoms with Gasteiger partial charge in [-0.25, -0.2) is 0 Å². The SMILES string of the molecule is Cc1c(COc2ccccc2)cccc1NC(=O)C1CCC(N)C1.Cl. The number of anilines is 1. The minimum Gasteiger partial charge on any atom is -0.489 e. The summed E-state index contributed by atoms with van der Waals surface area (Å²) in [5.41, 5.74) is 8.88. The summed E-state index contributed by atoms with van der Waals surface area (Å²) in [4.78, 5) is 12.4. The molecule has 134 valence electrons. The third kappa shape index (κ3) is 4.97. The van der Waals surface area contributed by atoms with Crippen molar-refractivity contribution in [2.75, 3.05) is 5.32 Å². The Hall–Kier alpha value is -2.04. The zero-order valence-electron chi connectivity index (χ0n) is 14.4. The Balaban J connectivity index is 0.00000225. The fourth-order valence-electron chi connectivity index (χ4n) is 3.14. The van der Waals surface area contributed by atoms with Gasteiger partial charge in [0.25, 0.3) is 0 Å². The van der Waals surface area contributed by atoms with E-state index < -0.39 is 0 Å². The normalized spacial score (nSPS) is 19.1. The van der Waals surface area contributed by atoms with E-state index in [0.717, 1.165) is 41.8 Å². The molecule has 5 heteroatoms. The van der Waals surface area contributed by atoms with E-state index in [1.807, 2.05) is 55.5 Å². The number of nitrogens with one attached hydrogen (secondary N) is 1. The van der Waals surface area contributed by atoms with Crippen LogP contribution in [0, 0.1) is 12.8 Å². The molecule has 1 fully saturated rings. The van der Waals surface area contributed by atoms with Crippen molar-refractivity contribution in [3.05, 3.63) is 59.7 Å². The van der Waals surface area contributed by atoms with E-state index in [0.29, 0.717) is 6.61 Å². The summed E-state index contributed by atoms with van der Waals surface area (Å²) in [6.07, 6.45) is 2.59. The summed E-state index contributed by atoms with van der Waals surface area (Å²) in [6, 6.07) is 15.8. The van der Waals surface area contributed by atoms with E-state index in [1.54, 1.807) is 0 Å². The smallest absolute Gasteiger partial charge is 0.227 e. The molecule has 25 heavy (non-hydrogen) atoms. The van der Waals surface area contributed by atoms with E-state index in [2.05, 4.69) is 5.32 Å². The average molecular weight is 361 g/mol. The number of halogens is 1. The van der Waals surface area contributed by atoms with Gasteiger partial charge in [0, 0.05) is 17.6 Å². The van der Waals surface area contributed by atoms with Crippen molar-refractivity contribution < 1.29 is 9.53 Å². The Labute approximate surface area is 155 Å². The fraction of sp³-hybridized carbons (Fsp3) is 0.350.